The van der Waals surface area contributed by atoms with Gasteiger partial charge in [-0.25, -0.2) is 4.98 Å². The number of aryl methyl sites for hydroxylation is 1. The summed E-state index contributed by atoms with van der Waals surface area (Å²) in [5.74, 6) is 0.989. The molecule has 0 atom stereocenters. The van der Waals surface area contributed by atoms with Crippen molar-refractivity contribution in [3.05, 3.63) is 62.9 Å². The van der Waals surface area contributed by atoms with Crippen LogP contribution in [0.4, 0.5) is 5.82 Å². The Morgan fingerprint density at radius 3 is 2.31 bits per heavy atom. The standard InChI is InChI=1S/C20H17Cl3N4O2/c1-12-16(18(25-29-12)17-13(21)4-2-5-14(17)22)20(28)27-10-8-26(9-11-27)19-15(23)6-3-7-24-19/h2-7H,8-11H2,1H3. The monoisotopic (exact) mass is 450 g/mol. The van der Waals surface area contributed by atoms with Gasteiger partial charge in [-0.2, -0.15) is 0 Å². The zero-order valence-corrected chi connectivity index (χ0v) is 17.8. The first kappa shape index (κ1) is 20.0. The molecule has 1 aromatic carbocycles. The number of rotatable bonds is 3. The van der Waals surface area contributed by atoms with Gasteiger partial charge in [-0.1, -0.05) is 46.0 Å². The Morgan fingerprint density at radius 2 is 1.66 bits per heavy atom. The number of benzene rings is 1. The van der Waals surface area contributed by atoms with E-state index in [1.165, 1.54) is 0 Å². The van der Waals surface area contributed by atoms with Crippen LogP contribution in [0.3, 0.4) is 0 Å². The summed E-state index contributed by atoms with van der Waals surface area (Å²) in [6, 6.07) is 8.75. The number of carbonyl (C=O) groups is 1. The Morgan fingerprint density at radius 1 is 1.00 bits per heavy atom. The molecule has 3 heterocycles. The van der Waals surface area contributed by atoms with Gasteiger partial charge in [0, 0.05) is 37.9 Å². The van der Waals surface area contributed by atoms with Gasteiger partial charge in [0.05, 0.1) is 15.1 Å². The van der Waals surface area contributed by atoms with Gasteiger partial charge in [0.25, 0.3) is 5.91 Å². The highest BCUT2D eigenvalue weighted by atomic mass is 35.5. The van der Waals surface area contributed by atoms with Crippen LogP contribution in [-0.4, -0.2) is 47.1 Å². The fraction of sp³-hybridized carbons (Fsp3) is 0.250. The number of carbonyl (C=O) groups excluding carboxylic acids is 1. The zero-order chi connectivity index (χ0) is 20.5. The molecule has 1 aliphatic heterocycles. The van der Waals surface area contributed by atoms with E-state index in [-0.39, 0.29) is 5.91 Å². The Bertz CT molecular complexity index is 1040. The second kappa shape index (κ2) is 8.22. The van der Waals surface area contributed by atoms with Crippen LogP contribution in [0.5, 0.6) is 0 Å². The van der Waals surface area contributed by atoms with Crippen molar-refractivity contribution >= 4 is 46.5 Å². The number of halogens is 3. The number of piperazine rings is 1. The fourth-order valence-corrected chi connectivity index (χ4v) is 4.23. The van der Waals surface area contributed by atoms with Crippen molar-refractivity contribution in [1.82, 2.24) is 15.0 Å². The minimum Gasteiger partial charge on any atom is -0.360 e. The number of nitrogens with zero attached hydrogens (tertiary/aromatic N) is 4. The highest BCUT2D eigenvalue weighted by Gasteiger charge is 2.30. The number of anilines is 1. The first-order valence-electron chi connectivity index (χ1n) is 9.02. The highest BCUT2D eigenvalue weighted by molar-refractivity contribution is 6.39. The maximum absolute atomic E-state index is 13.3. The molecule has 1 fully saturated rings. The van der Waals surface area contributed by atoms with E-state index in [1.54, 1.807) is 42.3 Å². The van der Waals surface area contributed by atoms with E-state index in [2.05, 4.69) is 15.0 Å². The SMILES string of the molecule is Cc1onc(-c2c(Cl)cccc2Cl)c1C(=O)N1CCN(c2ncccc2Cl)CC1. The summed E-state index contributed by atoms with van der Waals surface area (Å²) in [6.45, 7) is 3.99. The van der Waals surface area contributed by atoms with Crippen molar-refractivity contribution in [3.8, 4) is 11.3 Å². The van der Waals surface area contributed by atoms with Crippen LogP contribution in [-0.2, 0) is 0 Å². The van der Waals surface area contributed by atoms with E-state index >= 15 is 0 Å². The maximum Gasteiger partial charge on any atom is 0.259 e. The lowest BCUT2D eigenvalue weighted by atomic mass is 10.0. The zero-order valence-electron chi connectivity index (χ0n) is 15.5. The van der Waals surface area contributed by atoms with Crippen molar-refractivity contribution in [2.24, 2.45) is 0 Å². The Kier molecular flexibility index (Phi) is 5.67. The summed E-state index contributed by atoms with van der Waals surface area (Å²) < 4.78 is 5.33. The van der Waals surface area contributed by atoms with Crippen LogP contribution >= 0.6 is 34.8 Å². The van der Waals surface area contributed by atoms with Crippen molar-refractivity contribution in [3.63, 3.8) is 0 Å². The van der Waals surface area contributed by atoms with Crippen LogP contribution in [0.25, 0.3) is 11.3 Å². The Hall–Kier alpha value is -2.28. The van der Waals surface area contributed by atoms with Crippen molar-refractivity contribution in [1.29, 1.82) is 0 Å². The van der Waals surface area contributed by atoms with E-state index in [1.807, 2.05) is 6.07 Å². The number of amides is 1. The fourth-order valence-electron chi connectivity index (χ4n) is 3.41. The van der Waals surface area contributed by atoms with Gasteiger partial charge in [-0.15, -0.1) is 0 Å². The molecule has 0 bridgehead atoms. The molecule has 150 valence electrons. The lowest BCUT2D eigenvalue weighted by Gasteiger charge is -2.35. The summed E-state index contributed by atoms with van der Waals surface area (Å²) in [5, 5.41) is 5.49. The predicted molar refractivity (Wildman–Crippen MR) is 114 cm³/mol. The second-order valence-electron chi connectivity index (χ2n) is 6.65. The van der Waals surface area contributed by atoms with Gasteiger partial charge in [-0.05, 0) is 31.2 Å². The molecule has 6 nitrogen and oxygen atoms in total. The maximum atomic E-state index is 13.3. The lowest BCUT2D eigenvalue weighted by molar-refractivity contribution is 0.0745. The summed E-state index contributed by atoms with van der Waals surface area (Å²) >= 11 is 18.9. The summed E-state index contributed by atoms with van der Waals surface area (Å²) in [7, 11) is 0. The van der Waals surface area contributed by atoms with Crippen LogP contribution in [0.1, 0.15) is 16.1 Å². The average Bonchev–Trinajstić information content (AvgIpc) is 3.09. The van der Waals surface area contributed by atoms with E-state index in [9.17, 15) is 4.79 Å². The van der Waals surface area contributed by atoms with Crippen LogP contribution in [0.2, 0.25) is 15.1 Å². The molecule has 0 N–H and O–H groups in total. The van der Waals surface area contributed by atoms with Crippen molar-refractivity contribution in [2.75, 3.05) is 31.1 Å². The molecule has 2 aromatic heterocycles. The van der Waals surface area contributed by atoms with Crippen LogP contribution in [0.15, 0.2) is 41.1 Å². The molecule has 0 spiro atoms. The second-order valence-corrected chi connectivity index (χ2v) is 7.87. The van der Waals surface area contributed by atoms with E-state index < -0.39 is 0 Å². The molecule has 1 amide bonds. The van der Waals surface area contributed by atoms with Gasteiger partial charge in [0.15, 0.2) is 0 Å². The van der Waals surface area contributed by atoms with Crippen LogP contribution < -0.4 is 4.90 Å². The minimum atomic E-state index is -0.165. The third kappa shape index (κ3) is 3.80. The van der Waals surface area contributed by atoms with E-state index in [4.69, 9.17) is 39.3 Å². The molecule has 4 rings (SSSR count). The molecule has 0 unspecified atom stereocenters. The summed E-state index contributed by atoms with van der Waals surface area (Å²) in [5.41, 5.74) is 1.23. The molecule has 29 heavy (non-hydrogen) atoms. The molecule has 3 aromatic rings. The minimum absolute atomic E-state index is 0.165. The lowest BCUT2D eigenvalue weighted by Crippen LogP contribution is -2.49. The van der Waals surface area contributed by atoms with Crippen LogP contribution in [0, 0.1) is 6.92 Å². The first-order chi connectivity index (χ1) is 14.0. The number of aromatic nitrogens is 2. The third-order valence-corrected chi connectivity index (χ3v) is 5.81. The van der Waals surface area contributed by atoms with E-state index in [0.29, 0.717) is 63.8 Å². The smallest absolute Gasteiger partial charge is 0.259 e. The largest absolute Gasteiger partial charge is 0.360 e. The molecule has 0 saturated carbocycles. The summed E-state index contributed by atoms with van der Waals surface area (Å²) in [4.78, 5) is 21.5. The Labute approximate surface area is 183 Å². The normalized spacial score (nSPS) is 14.3. The quantitative estimate of drug-likeness (QED) is 0.563. The Balaban J connectivity index is 1.58. The molecular formula is C20H17Cl3N4O2. The summed E-state index contributed by atoms with van der Waals surface area (Å²) in [6.07, 6.45) is 1.71. The van der Waals surface area contributed by atoms with Crippen molar-refractivity contribution in [2.45, 2.75) is 6.92 Å². The van der Waals surface area contributed by atoms with Gasteiger partial charge in [0.1, 0.15) is 22.8 Å². The number of hydrogen-bond donors (Lipinski definition) is 0. The van der Waals surface area contributed by atoms with E-state index in [0.717, 1.165) is 5.82 Å². The molecule has 9 heteroatoms. The molecule has 1 saturated heterocycles. The predicted octanol–water partition coefficient (Wildman–Crippen LogP) is 4.97. The topological polar surface area (TPSA) is 62.5 Å². The number of pyridine rings is 1. The molecular weight excluding hydrogens is 435 g/mol. The van der Waals surface area contributed by atoms with Crippen molar-refractivity contribution < 1.29 is 9.32 Å². The molecule has 0 radical (unpaired) electrons. The van der Waals surface area contributed by atoms with Gasteiger partial charge < -0.3 is 14.3 Å². The molecule has 1 aliphatic rings. The average molecular weight is 452 g/mol. The number of hydrogen-bond acceptors (Lipinski definition) is 5. The first-order valence-corrected chi connectivity index (χ1v) is 10.2. The highest BCUT2D eigenvalue weighted by Crippen LogP contribution is 2.37. The van der Waals surface area contributed by atoms with Gasteiger partial charge in [0.2, 0.25) is 0 Å². The van der Waals surface area contributed by atoms with Gasteiger partial charge >= 0.3 is 0 Å². The van der Waals surface area contributed by atoms with Gasteiger partial charge in [-0.3, -0.25) is 4.79 Å². The molecule has 0 aliphatic carbocycles. The third-order valence-electron chi connectivity index (χ3n) is 4.88.